The molecule has 1 atom stereocenters. The Hall–Kier alpha value is -3.07. The summed E-state index contributed by atoms with van der Waals surface area (Å²) in [6.07, 6.45) is 1.56. The third kappa shape index (κ3) is 3.72. The van der Waals surface area contributed by atoms with Crippen LogP contribution >= 0.6 is 11.8 Å². The molecule has 1 N–H and O–H groups in total. The van der Waals surface area contributed by atoms with Crippen LogP contribution in [-0.4, -0.2) is 46.2 Å². The summed E-state index contributed by atoms with van der Waals surface area (Å²) in [5.74, 6) is 0.213. The monoisotopic (exact) mass is 425 g/mol. The van der Waals surface area contributed by atoms with Crippen molar-refractivity contribution in [2.45, 2.75) is 24.2 Å². The lowest BCUT2D eigenvalue weighted by Crippen LogP contribution is -2.31. The molecule has 2 aliphatic heterocycles. The number of ether oxygens (including phenoxy) is 1. The van der Waals surface area contributed by atoms with Gasteiger partial charge in [0.1, 0.15) is 18.2 Å². The zero-order chi connectivity index (χ0) is 20.5. The predicted octanol–water partition coefficient (Wildman–Crippen LogP) is 3.62. The SMILES string of the molecule is O=C1O[C@@H](CSc2ncn[nH]2)CN1c1ccc(N2CCc3ccccc3C2)c(F)c1. The van der Waals surface area contributed by atoms with Gasteiger partial charge in [0.25, 0.3) is 0 Å². The maximum atomic E-state index is 15.0. The van der Waals surface area contributed by atoms with Gasteiger partial charge >= 0.3 is 6.09 Å². The van der Waals surface area contributed by atoms with E-state index in [1.54, 1.807) is 12.1 Å². The number of fused-ring (bicyclic) bond motifs is 1. The first kappa shape index (κ1) is 18.9. The zero-order valence-electron chi connectivity index (χ0n) is 16.1. The van der Waals surface area contributed by atoms with Crippen molar-refractivity contribution < 1.29 is 13.9 Å². The molecule has 1 amide bonds. The van der Waals surface area contributed by atoms with E-state index < -0.39 is 6.09 Å². The predicted molar refractivity (Wildman–Crippen MR) is 112 cm³/mol. The molecule has 3 heterocycles. The first-order chi connectivity index (χ1) is 14.7. The molecule has 7 nitrogen and oxygen atoms in total. The fraction of sp³-hybridized carbons (Fsp3) is 0.286. The van der Waals surface area contributed by atoms with Crippen LogP contribution in [-0.2, 0) is 17.7 Å². The Bertz CT molecular complexity index is 1060. The number of rotatable bonds is 5. The third-order valence-electron chi connectivity index (χ3n) is 5.39. The van der Waals surface area contributed by atoms with Crippen LogP contribution in [0, 0.1) is 5.82 Å². The summed E-state index contributed by atoms with van der Waals surface area (Å²) in [4.78, 5) is 19.9. The molecule has 0 unspecified atom stereocenters. The van der Waals surface area contributed by atoms with Gasteiger partial charge in [-0.3, -0.25) is 10.00 Å². The number of nitrogens with one attached hydrogen (secondary N) is 1. The number of hydrogen-bond acceptors (Lipinski definition) is 6. The van der Waals surface area contributed by atoms with Gasteiger partial charge in [-0.1, -0.05) is 36.0 Å². The second-order valence-electron chi connectivity index (χ2n) is 7.29. The number of aromatic amines is 1. The molecule has 0 spiro atoms. The Balaban J connectivity index is 1.27. The summed E-state index contributed by atoms with van der Waals surface area (Å²) in [5.41, 5.74) is 3.60. The minimum Gasteiger partial charge on any atom is -0.443 e. The number of anilines is 2. The first-order valence-electron chi connectivity index (χ1n) is 9.75. The lowest BCUT2D eigenvalue weighted by molar-refractivity contribution is 0.151. The number of cyclic esters (lactones) is 1. The van der Waals surface area contributed by atoms with Crippen LogP contribution in [0.1, 0.15) is 11.1 Å². The quantitative estimate of drug-likeness (QED) is 0.630. The van der Waals surface area contributed by atoms with Gasteiger partial charge in [0.15, 0.2) is 5.16 Å². The molecule has 3 aromatic rings. The molecule has 1 fully saturated rings. The highest BCUT2D eigenvalue weighted by molar-refractivity contribution is 7.99. The number of H-pyrrole nitrogens is 1. The lowest BCUT2D eigenvalue weighted by Gasteiger charge is -2.31. The molecular weight excluding hydrogens is 405 g/mol. The highest BCUT2D eigenvalue weighted by Crippen LogP contribution is 2.31. The maximum absolute atomic E-state index is 15.0. The number of carbonyl (C=O) groups excluding carboxylic acids is 1. The van der Waals surface area contributed by atoms with Crippen molar-refractivity contribution >= 4 is 29.2 Å². The maximum Gasteiger partial charge on any atom is 0.414 e. The fourth-order valence-corrected chi connectivity index (χ4v) is 4.63. The van der Waals surface area contributed by atoms with Crippen molar-refractivity contribution in [1.29, 1.82) is 0 Å². The Morgan fingerprint density at radius 3 is 2.90 bits per heavy atom. The third-order valence-corrected chi connectivity index (χ3v) is 6.40. The van der Waals surface area contributed by atoms with E-state index >= 15 is 0 Å². The lowest BCUT2D eigenvalue weighted by atomic mass is 9.99. The van der Waals surface area contributed by atoms with Gasteiger partial charge in [-0.2, -0.15) is 5.10 Å². The molecule has 1 aromatic heterocycles. The molecule has 2 aromatic carbocycles. The summed E-state index contributed by atoms with van der Waals surface area (Å²) in [7, 11) is 0. The smallest absolute Gasteiger partial charge is 0.414 e. The molecule has 0 saturated carbocycles. The fourth-order valence-electron chi connectivity index (χ4n) is 3.88. The largest absolute Gasteiger partial charge is 0.443 e. The number of amides is 1. The molecule has 30 heavy (non-hydrogen) atoms. The van der Waals surface area contributed by atoms with Crippen molar-refractivity contribution in [3.05, 3.63) is 65.7 Å². The van der Waals surface area contributed by atoms with Crippen LogP contribution in [0.2, 0.25) is 0 Å². The molecule has 0 bridgehead atoms. The number of carbonyl (C=O) groups is 1. The standard InChI is InChI=1S/C21H20FN5O2S/c22-18-9-16(27-11-17(29-21(27)28)12-30-20-23-13-24-25-20)5-6-19(18)26-8-7-14-3-1-2-4-15(14)10-26/h1-6,9,13,17H,7-8,10-12H2,(H,23,24,25)/t17-/m1/s1. The average Bonchev–Trinajstić information content (AvgIpc) is 3.41. The van der Waals surface area contributed by atoms with Crippen molar-refractivity contribution in [2.75, 3.05) is 28.6 Å². The van der Waals surface area contributed by atoms with Gasteiger partial charge in [-0.15, -0.1) is 0 Å². The second kappa shape index (κ2) is 7.98. The normalized spacial score (nSPS) is 18.4. The topological polar surface area (TPSA) is 74.3 Å². The van der Waals surface area contributed by atoms with Crippen LogP contribution in [0.3, 0.4) is 0 Å². The summed E-state index contributed by atoms with van der Waals surface area (Å²) < 4.78 is 20.4. The van der Waals surface area contributed by atoms with Gasteiger partial charge < -0.3 is 9.64 Å². The molecule has 1 saturated heterocycles. The number of nitrogens with zero attached hydrogens (tertiary/aromatic N) is 4. The van der Waals surface area contributed by atoms with Crippen molar-refractivity contribution in [2.24, 2.45) is 0 Å². The summed E-state index contributed by atoms with van der Waals surface area (Å²) in [5, 5.41) is 7.22. The summed E-state index contributed by atoms with van der Waals surface area (Å²) in [6.45, 7) is 1.81. The zero-order valence-corrected chi connectivity index (χ0v) is 16.9. The van der Waals surface area contributed by atoms with E-state index in [1.165, 1.54) is 40.2 Å². The molecular formula is C21H20FN5O2S. The van der Waals surface area contributed by atoms with Crippen molar-refractivity contribution in [3.8, 4) is 0 Å². The van der Waals surface area contributed by atoms with E-state index in [2.05, 4.69) is 27.3 Å². The van der Waals surface area contributed by atoms with Gasteiger partial charge in [0.2, 0.25) is 0 Å². The highest BCUT2D eigenvalue weighted by Gasteiger charge is 2.33. The molecule has 5 rings (SSSR count). The molecule has 9 heteroatoms. The summed E-state index contributed by atoms with van der Waals surface area (Å²) >= 11 is 1.43. The minimum atomic E-state index is -0.461. The van der Waals surface area contributed by atoms with E-state index in [9.17, 15) is 9.18 Å². The van der Waals surface area contributed by atoms with Crippen LogP contribution in [0.25, 0.3) is 0 Å². The molecule has 154 valence electrons. The van der Waals surface area contributed by atoms with Crippen LogP contribution in [0.4, 0.5) is 20.6 Å². The number of thioether (sulfide) groups is 1. The van der Waals surface area contributed by atoms with Crippen LogP contribution in [0.5, 0.6) is 0 Å². The van der Waals surface area contributed by atoms with E-state index in [0.717, 1.165) is 13.0 Å². The van der Waals surface area contributed by atoms with Gasteiger partial charge in [0.05, 0.1) is 17.9 Å². The Morgan fingerprint density at radius 2 is 2.10 bits per heavy atom. The second-order valence-corrected chi connectivity index (χ2v) is 8.30. The minimum absolute atomic E-state index is 0.297. The number of benzene rings is 2. The number of halogens is 1. The van der Waals surface area contributed by atoms with E-state index in [-0.39, 0.29) is 11.9 Å². The van der Waals surface area contributed by atoms with E-state index in [0.29, 0.717) is 35.4 Å². The van der Waals surface area contributed by atoms with Gasteiger partial charge in [-0.25, -0.2) is 14.2 Å². The Labute approximate surface area is 177 Å². The van der Waals surface area contributed by atoms with Crippen LogP contribution < -0.4 is 9.80 Å². The van der Waals surface area contributed by atoms with E-state index in [1.807, 2.05) is 17.0 Å². The first-order valence-corrected chi connectivity index (χ1v) is 10.7. The number of hydrogen-bond donors (Lipinski definition) is 1. The van der Waals surface area contributed by atoms with Crippen molar-refractivity contribution in [3.63, 3.8) is 0 Å². The van der Waals surface area contributed by atoms with Gasteiger partial charge in [0, 0.05) is 18.8 Å². The summed E-state index contributed by atoms with van der Waals surface area (Å²) in [6, 6.07) is 13.2. The molecule has 0 aliphatic carbocycles. The van der Waals surface area contributed by atoms with Crippen molar-refractivity contribution in [1.82, 2.24) is 15.2 Å². The number of aromatic nitrogens is 3. The van der Waals surface area contributed by atoms with Crippen LogP contribution in [0.15, 0.2) is 53.9 Å². The molecule has 0 radical (unpaired) electrons. The molecule has 2 aliphatic rings. The average molecular weight is 425 g/mol. The Kier molecular flexibility index (Phi) is 5.04. The highest BCUT2D eigenvalue weighted by atomic mass is 32.2. The van der Waals surface area contributed by atoms with Gasteiger partial charge in [-0.05, 0) is 35.7 Å². The Morgan fingerprint density at radius 1 is 1.23 bits per heavy atom. The van der Waals surface area contributed by atoms with E-state index in [4.69, 9.17) is 4.74 Å².